The Bertz CT molecular complexity index is 285. The highest BCUT2D eigenvalue weighted by atomic mass is 16.6. The minimum atomic E-state index is -0.395. The molecule has 1 aliphatic rings. The molecule has 0 amide bonds. The quantitative estimate of drug-likeness (QED) is 0.579. The number of carbonyl (C=O) groups is 1. The molecule has 1 heterocycles. The van der Waals surface area contributed by atoms with Gasteiger partial charge in [0.1, 0.15) is 11.6 Å². The molecular weight excluding hydrogens is 202 g/mol. The molecular formula is C13H23NO2. The van der Waals surface area contributed by atoms with Crippen LogP contribution in [-0.2, 0) is 9.53 Å². The Labute approximate surface area is 98.2 Å². The lowest BCUT2D eigenvalue weighted by Crippen LogP contribution is -2.37. The average molecular weight is 225 g/mol. The molecule has 3 nitrogen and oxygen atoms in total. The minimum absolute atomic E-state index is 0.128. The predicted molar refractivity (Wildman–Crippen MR) is 65.2 cm³/mol. The summed E-state index contributed by atoms with van der Waals surface area (Å²) >= 11 is 0. The monoisotopic (exact) mass is 225 g/mol. The van der Waals surface area contributed by atoms with Gasteiger partial charge in [-0.15, -0.1) is 0 Å². The first kappa shape index (κ1) is 13.2. The van der Waals surface area contributed by atoms with Gasteiger partial charge in [-0.2, -0.15) is 0 Å². The molecule has 1 rings (SSSR count). The third-order valence-electron chi connectivity index (χ3n) is 2.43. The Kier molecular flexibility index (Phi) is 4.14. The average Bonchev–Trinajstić information content (AvgIpc) is 2.48. The standard InChI is InChI=1S/C13H23NO2/c1-9(2)6-10-7-11(14-8-10)12(15)16-13(3,4)5/h6,10-11,14H,7-8H2,1-5H3. The lowest BCUT2D eigenvalue weighted by Gasteiger charge is -2.22. The topological polar surface area (TPSA) is 38.3 Å². The van der Waals surface area contributed by atoms with Crippen molar-refractivity contribution in [3.05, 3.63) is 11.6 Å². The van der Waals surface area contributed by atoms with Gasteiger partial charge in [0.2, 0.25) is 0 Å². The van der Waals surface area contributed by atoms with Gasteiger partial charge in [0.25, 0.3) is 0 Å². The van der Waals surface area contributed by atoms with Crippen LogP contribution in [0.1, 0.15) is 41.0 Å². The number of hydrogen-bond acceptors (Lipinski definition) is 3. The number of carbonyl (C=O) groups excluding carboxylic acids is 1. The molecule has 2 atom stereocenters. The lowest BCUT2D eigenvalue weighted by molar-refractivity contribution is -0.157. The van der Waals surface area contributed by atoms with E-state index in [1.54, 1.807) is 0 Å². The van der Waals surface area contributed by atoms with E-state index >= 15 is 0 Å². The summed E-state index contributed by atoms with van der Waals surface area (Å²) < 4.78 is 5.35. The Hall–Kier alpha value is -0.830. The second-order valence-corrected chi connectivity index (χ2v) is 5.73. The molecule has 16 heavy (non-hydrogen) atoms. The number of nitrogens with one attached hydrogen (secondary N) is 1. The summed E-state index contributed by atoms with van der Waals surface area (Å²) in [6.45, 7) is 10.7. The van der Waals surface area contributed by atoms with Crippen LogP contribution in [0.5, 0.6) is 0 Å². The maximum Gasteiger partial charge on any atom is 0.323 e. The molecule has 92 valence electrons. The first-order valence-electron chi connectivity index (χ1n) is 5.89. The van der Waals surface area contributed by atoms with E-state index < -0.39 is 5.60 Å². The lowest BCUT2D eigenvalue weighted by atomic mass is 10.0. The van der Waals surface area contributed by atoms with E-state index in [4.69, 9.17) is 4.74 Å². The zero-order valence-electron chi connectivity index (χ0n) is 11.0. The molecule has 3 heteroatoms. The fourth-order valence-corrected chi connectivity index (χ4v) is 1.91. The van der Waals surface area contributed by atoms with Crippen molar-refractivity contribution in [2.24, 2.45) is 5.92 Å². The van der Waals surface area contributed by atoms with Crippen molar-refractivity contribution in [1.82, 2.24) is 5.32 Å². The van der Waals surface area contributed by atoms with Gasteiger partial charge in [-0.05, 0) is 47.0 Å². The van der Waals surface area contributed by atoms with Crippen LogP contribution in [0.3, 0.4) is 0 Å². The Morgan fingerprint density at radius 1 is 1.38 bits per heavy atom. The molecule has 1 N–H and O–H groups in total. The molecule has 0 aromatic rings. The third-order valence-corrected chi connectivity index (χ3v) is 2.43. The third kappa shape index (κ3) is 4.35. The van der Waals surface area contributed by atoms with Gasteiger partial charge in [-0.3, -0.25) is 4.79 Å². The summed E-state index contributed by atoms with van der Waals surface area (Å²) in [7, 11) is 0. The number of esters is 1. The highest BCUT2D eigenvalue weighted by Crippen LogP contribution is 2.19. The van der Waals surface area contributed by atoms with E-state index in [1.807, 2.05) is 20.8 Å². The highest BCUT2D eigenvalue weighted by molar-refractivity contribution is 5.76. The minimum Gasteiger partial charge on any atom is -0.459 e. The Morgan fingerprint density at radius 2 is 2.00 bits per heavy atom. The summed E-state index contributed by atoms with van der Waals surface area (Å²) in [5.41, 5.74) is 0.907. The molecule has 1 saturated heterocycles. The van der Waals surface area contributed by atoms with Crippen LogP contribution in [0.4, 0.5) is 0 Å². The molecule has 0 aromatic heterocycles. The van der Waals surface area contributed by atoms with Gasteiger partial charge in [-0.25, -0.2) is 0 Å². The summed E-state index contributed by atoms with van der Waals surface area (Å²) in [6.07, 6.45) is 3.07. The molecule has 2 unspecified atom stereocenters. The molecule has 1 aliphatic heterocycles. The Morgan fingerprint density at radius 3 is 2.50 bits per heavy atom. The van der Waals surface area contributed by atoms with Crippen molar-refractivity contribution >= 4 is 5.97 Å². The van der Waals surface area contributed by atoms with E-state index in [0.29, 0.717) is 5.92 Å². The Balaban J connectivity index is 2.47. The van der Waals surface area contributed by atoms with Gasteiger partial charge in [0.05, 0.1) is 0 Å². The zero-order valence-corrected chi connectivity index (χ0v) is 11.0. The number of hydrogen-bond donors (Lipinski definition) is 1. The van der Waals surface area contributed by atoms with Crippen LogP contribution in [0.25, 0.3) is 0 Å². The van der Waals surface area contributed by atoms with Crippen molar-refractivity contribution in [3.63, 3.8) is 0 Å². The summed E-state index contributed by atoms with van der Waals surface area (Å²) in [6, 6.07) is -0.139. The van der Waals surface area contributed by atoms with Crippen molar-refractivity contribution in [2.45, 2.75) is 52.7 Å². The first-order chi connectivity index (χ1) is 7.28. The SMILES string of the molecule is CC(C)=CC1CNC(C(=O)OC(C)(C)C)C1. The van der Waals surface area contributed by atoms with E-state index in [9.17, 15) is 4.79 Å². The van der Waals surface area contributed by atoms with E-state index in [1.165, 1.54) is 5.57 Å². The van der Waals surface area contributed by atoms with Gasteiger partial charge >= 0.3 is 5.97 Å². The molecule has 0 spiro atoms. The summed E-state index contributed by atoms with van der Waals surface area (Å²) in [5.74, 6) is 0.333. The molecule has 0 aromatic carbocycles. The van der Waals surface area contributed by atoms with Gasteiger partial charge in [0.15, 0.2) is 0 Å². The normalized spacial score (nSPS) is 25.3. The summed E-state index contributed by atoms with van der Waals surface area (Å²) in [4.78, 5) is 11.8. The van der Waals surface area contributed by atoms with Crippen molar-refractivity contribution < 1.29 is 9.53 Å². The van der Waals surface area contributed by atoms with Crippen LogP contribution in [0, 0.1) is 5.92 Å². The van der Waals surface area contributed by atoms with Gasteiger partial charge < -0.3 is 10.1 Å². The summed E-state index contributed by atoms with van der Waals surface area (Å²) in [5, 5.41) is 3.22. The fourth-order valence-electron chi connectivity index (χ4n) is 1.91. The maximum atomic E-state index is 11.8. The maximum absolute atomic E-state index is 11.8. The molecule has 0 saturated carbocycles. The van der Waals surface area contributed by atoms with Crippen LogP contribution in [0.15, 0.2) is 11.6 Å². The number of allylic oxidation sites excluding steroid dienone is 1. The largest absolute Gasteiger partial charge is 0.459 e. The van der Waals surface area contributed by atoms with Crippen LogP contribution in [-0.4, -0.2) is 24.2 Å². The predicted octanol–water partition coefficient (Wildman–Crippen LogP) is 2.27. The van der Waals surface area contributed by atoms with Gasteiger partial charge in [-0.1, -0.05) is 11.6 Å². The molecule has 0 bridgehead atoms. The van der Waals surface area contributed by atoms with E-state index in [-0.39, 0.29) is 12.0 Å². The second kappa shape index (κ2) is 5.00. The van der Waals surface area contributed by atoms with Crippen molar-refractivity contribution in [2.75, 3.05) is 6.54 Å². The van der Waals surface area contributed by atoms with Crippen molar-refractivity contribution in [3.8, 4) is 0 Å². The number of rotatable bonds is 2. The zero-order chi connectivity index (χ0) is 12.3. The second-order valence-electron chi connectivity index (χ2n) is 5.73. The van der Waals surface area contributed by atoms with Crippen LogP contribution in [0.2, 0.25) is 0 Å². The van der Waals surface area contributed by atoms with Crippen LogP contribution < -0.4 is 5.32 Å². The fraction of sp³-hybridized carbons (Fsp3) is 0.769. The van der Waals surface area contributed by atoms with Gasteiger partial charge in [0, 0.05) is 6.54 Å². The molecule has 0 radical (unpaired) electrons. The van der Waals surface area contributed by atoms with Crippen molar-refractivity contribution in [1.29, 1.82) is 0 Å². The van der Waals surface area contributed by atoms with Crippen LogP contribution >= 0.6 is 0 Å². The van der Waals surface area contributed by atoms with E-state index in [0.717, 1.165) is 13.0 Å². The smallest absolute Gasteiger partial charge is 0.323 e. The highest BCUT2D eigenvalue weighted by Gasteiger charge is 2.31. The number of ether oxygens (including phenoxy) is 1. The first-order valence-corrected chi connectivity index (χ1v) is 5.89. The molecule has 1 fully saturated rings. The van der Waals surface area contributed by atoms with E-state index in [2.05, 4.69) is 25.2 Å². The molecule has 0 aliphatic carbocycles.